The molecule has 1 aromatic heterocycles. The fourth-order valence-electron chi connectivity index (χ4n) is 2.29. The zero-order chi connectivity index (χ0) is 13.9. The standard InChI is InChI=1S/C14H25N3O2/c1-11(2)15-8-12-7-13(19-16-12)9-17-5-6-18-14(3,4)10-17/h7,11,15H,5-6,8-10H2,1-4H3. The Balaban J connectivity index is 1.85. The van der Waals surface area contributed by atoms with Crippen molar-refractivity contribution in [3.8, 4) is 0 Å². The molecule has 2 rings (SSSR count). The van der Waals surface area contributed by atoms with Crippen LogP contribution in [0.15, 0.2) is 10.6 Å². The van der Waals surface area contributed by atoms with Gasteiger partial charge in [0.15, 0.2) is 5.76 Å². The number of hydrogen-bond donors (Lipinski definition) is 1. The van der Waals surface area contributed by atoms with Crippen LogP contribution < -0.4 is 5.32 Å². The van der Waals surface area contributed by atoms with E-state index in [0.717, 1.165) is 44.2 Å². The molecule has 0 spiro atoms. The van der Waals surface area contributed by atoms with Gasteiger partial charge in [-0.2, -0.15) is 0 Å². The molecule has 1 N–H and O–H groups in total. The SMILES string of the molecule is CC(C)NCc1cc(CN2CCOC(C)(C)C2)on1. The lowest BCUT2D eigenvalue weighted by Gasteiger charge is -2.37. The van der Waals surface area contributed by atoms with Crippen LogP contribution in [0.5, 0.6) is 0 Å². The molecule has 19 heavy (non-hydrogen) atoms. The highest BCUT2D eigenvalue weighted by molar-refractivity contribution is 5.05. The highest BCUT2D eigenvalue weighted by atomic mass is 16.5. The molecule has 2 heterocycles. The van der Waals surface area contributed by atoms with E-state index in [4.69, 9.17) is 9.26 Å². The van der Waals surface area contributed by atoms with Crippen LogP contribution in [0.25, 0.3) is 0 Å². The second-order valence-electron chi connectivity index (χ2n) is 6.14. The van der Waals surface area contributed by atoms with Crippen molar-refractivity contribution in [3.63, 3.8) is 0 Å². The molecule has 5 nitrogen and oxygen atoms in total. The van der Waals surface area contributed by atoms with Crippen LogP contribution in [-0.4, -0.2) is 41.4 Å². The third-order valence-corrected chi connectivity index (χ3v) is 3.18. The van der Waals surface area contributed by atoms with Gasteiger partial charge in [-0.1, -0.05) is 19.0 Å². The highest BCUT2D eigenvalue weighted by Gasteiger charge is 2.27. The minimum absolute atomic E-state index is 0.0691. The van der Waals surface area contributed by atoms with Gasteiger partial charge in [0.1, 0.15) is 0 Å². The predicted molar refractivity (Wildman–Crippen MR) is 73.8 cm³/mol. The van der Waals surface area contributed by atoms with Crippen LogP contribution in [0.4, 0.5) is 0 Å². The Morgan fingerprint density at radius 3 is 2.95 bits per heavy atom. The van der Waals surface area contributed by atoms with Gasteiger partial charge in [-0.25, -0.2) is 0 Å². The zero-order valence-corrected chi connectivity index (χ0v) is 12.4. The van der Waals surface area contributed by atoms with Crippen molar-refractivity contribution >= 4 is 0 Å². The molecule has 1 aromatic rings. The van der Waals surface area contributed by atoms with E-state index in [-0.39, 0.29) is 5.60 Å². The van der Waals surface area contributed by atoms with E-state index in [0.29, 0.717) is 6.04 Å². The van der Waals surface area contributed by atoms with Crippen LogP contribution in [0, 0.1) is 0 Å². The minimum Gasteiger partial charge on any atom is -0.373 e. The second-order valence-corrected chi connectivity index (χ2v) is 6.14. The summed E-state index contributed by atoms with van der Waals surface area (Å²) in [4.78, 5) is 2.35. The number of rotatable bonds is 5. The molecule has 1 fully saturated rings. The first kappa shape index (κ1) is 14.5. The molecule has 1 aliphatic rings. The van der Waals surface area contributed by atoms with Crippen LogP contribution >= 0.6 is 0 Å². The van der Waals surface area contributed by atoms with Gasteiger partial charge in [-0.3, -0.25) is 4.90 Å². The molecular weight excluding hydrogens is 242 g/mol. The number of hydrogen-bond acceptors (Lipinski definition) is 5. The molecule has 5 heteroatoms. The first-order valence-corrected chi connectivity index (χ1v) is 6.99. The van der Waals surface area contributed by atoms with E-state index in [9.17, 15) is 0 Å². The van der Waals surface area contributed by atoms with Crippen LogP contribution in [0.3, 0.4) is 0 Å². The van der Waals surface area contributed by atoms with Gasteiger partial charge >= 0.3 is 0 Å². The minimum atomic E-state index is -0.0691. The van der Waals surface area contributed by atoms with Crippen molar-refractivity contribution in [1.29, 1.82) is 0 Å². The third kappa shape index (κ3) is 4.60. The largest absolute Gasteiger partial charge is 0.373 e. The van der Waals surface area contributed by atoms with Gasteiger partial charge in [0.2, 0.25) is 0 Å². The van der Waals surface area contributed by atoms with Gasteiger partial charge in [0, 0.05) is 31.7 Å². The number of nitrogens with zero attached hydrogens (tertiary/aromatic N) is 2. The lowest BCUT2D eigenvalue weighted by molar-refractivity contribution is -0.0896. The normalized spacial score (nSPS) is 20.1. The molecule has 0 saturated carbocycles. The Bertz CT molecular complexity index is 401. The molecule has 0 radical (unpaired) electrons. The molecule has 0 aromatic carbocycles. The van der Waals surface area contributed by atoms with Crippen molar-refractivity contribution in [2.75, 3.05) is 19.7 Å². The summed E-state index contributed by atoms with van der Waals surface area (Å²) >= 11 is 0. The summed E-state index contributed by atoms with van der Waals surface area (Å²) in [5.41, 5.74) is 0.900. The van der Waals surface area contributed by atoms with Crippen LogP contribution in [0.2, 0.25) is 0 Å². The zero-order valence-electron chi connectivity index (χ0n) is 12.4. The van der Waals surface area contributed by atoms with Crippen molar-refractivity contribution in [1.82, 2.24) is 15.4 Å². The first-order valence-electron chi connectivity index (χ1n) is 6.99. The Hall–Kier alpha value is -0.910. The molecule has 0 aliphatic carbocycles. The van der Waals surface area contributed by atoms with E-state index in [2.05, 4.69) is 43.1 Å². The number of ether oxygens (including phenoxy) is 1. The van der Waals surface area contributed by atoms with E-state index in [1.165, 1.54) is 0 Å². The van der Waals surface area contributed by atoms with Gasteiger partial charge in [-0.05, 0) is 13.8 Å². The fraction of sp³-hybridized carbons (Fsp3) is 0.786. The molecule has 0 amide bonds. The Morgan fingerprint density at radius 2 is 2.26 bits per heavy atom. The quantitative estimate of drug-likeness (QED) is 0.881. The van der Waals surface area contributed by atoms with E-state index < -0.39 is 0 Å². The molecule has 0 unspecified atom stereocenters. The summed E-state index contributed by atoms with van der Waals surface area (Å²) in [6.07, 6.45) is 0. The number of aromatic nitrogens is 1. The summed E-state index contributed by atoms with van der Waals surface area (Å²) in [6.45, 7) is 12.7. The third-order valence-electron chi connectivity index (χ3n) is 3.18. The summed E-state index contributed by atoms with van der Waals surface area (Å²) < 4.78 is 11.1. The monoisotopic (exact) mass is 267 g/mol. The lowest BCUT2D eigenvalue weighted by Crippen LogP contribution is -2.47. The van der Waals surface area contributed by atoms with Gasteiger partial charge in [0.25, 0.3) is 0 Å². The summed E-state index contributed by atoms with van der Waals surface area (Å²) in [6, 6.07) is 2.50. The van der Waals surface area contributed by atoms with Crippen molar-refractivity contribution in [3.05, 3.63) is 17.5 Å². The maximum Gasteiger partial charge on any atom is 0.151 e. The Kier molecular flexibility index (Phi) is 4.60. The molecule has 0 bridgehead atoms. The van der Waals surface area contributed by atoms with Crippen LogP contribution in [0.1, 0.15) is 39.1 Å². The molecule has 1 aliphatic heterocycles. The molecule has 108 valence electrons. The molecule has 1 saturated heterocycles. The first-order chi connectivity index (χ1) is 8.94. The smallest absolute Gasteiger partial charge is 0.151 e. The topological polar surface area (TPSA) is 50.5 Å². The van der Waals surface area contributed by atoms with Gasteiger partial charge in [-0.15, -0.1) is 0 Å². The van der Waals surface area contributed by atoms with Gasteiger partial charge < -0.3 is 14.6 Å². The molecule has 0 atom stereocenters. The number of nitrogens with one attached hydrogen (secondary N) is 1. The van der Waals surface area contributed by atoms with Gasteiger partial charge in [0.05, 0.1) is 24.4 Å². The second kappa shape index (κ2) is 6.03. The Labute approximate surface area is 115 Å². The predicted octanol–water partition coefficient (Wildman–Crippen LogP) is 1.78. The van der Waals surface area contributed by atoms with Crippen LogP contribution in [-0.2, 0) is 17.8 Å². The average molecular weight is 267 g/mol. The van der Waals surface area contributed by atoms with Crippen molar-refractivity contribution in [2.24, 2.45) is 0 Å². The molecular formula is C14H25N3O2. The maximum atomic E-state index is 5.71. The maximum absolute atomic E-state index is 5.71. The van der Waals surface area contributed by atoms with E-state index in [1.54, 1.807) is 0 Å². The summed E-state index contributed by atoms with van der Waals surface area (Å²) in [5.74, 6) is 0.929. The van der Waals surface area contributed by atoms with E-state index >= 15 is 0 Å². The fourth-order valence-corrected chi connectivity index (χ4v) is 2.29. The lowest BCUT2D eigenvalue weighted by atomic mass is 10.1. The number of morpholine rings is 1. The van der Waals surface area contributed by atoms with Crippen molar-refractivity contribution < 1.29 is 9.26 Å². The summed E-state index contributed by atoms with van der Waals surface area (Å²) in [7, 11) is 0. The van der Waals surface area contributed by atoms with E-state index in [1.807, 2.05) is 6.07 Å². The highest BCUT2D eigenvalue weighted by Crippen LogP contribution is 2.18. The Morgan fingerprint density at radius 1 is 1.47 bits per heavy atom. The summed E-state index contributed by atoms with van der Waals surface area (Å²) in [5, 5.41) is 7.43. The van der Waals surface area contributed by atoms with Crippen molar-refractivity contribution in [2.45, 2.75) is 52.4 Å². The average Bonchev–Trinajstić information content (AvgIpc) is 2.73.